The molecule has 1 aliphatic rings. The van der Waals surface area contributed by atoms with Gasteiger partial charge in [0.25, 0.3) is 11.8 Å². The minimum Gasteiger partial charge on any atom is -0.365 e. The van der Waals surface area contributed by atoms with E-state index >= 15 is 0 Å². The Morgan fingerprint density at radius 3 is 2.71 bits per heavy atom. The standard InChI is InChI=1S/C16H16N2O2S/c1-9-7-13(15(17)19)21-14(9)16(20)18-10(2)8-11-5-3-4-6-12(11)18/h3-7,10H,8H2,1-2H3,(H2,17,19). The fourth-order valence-electron chi connectivity index (χ4n) is 2.80. The van der Waals surface area contributed by atoms with Crippen LogP contribution in [0.3, 0.4) is 0 Å². The third kappa shape index (κ3) is 2.23. The minimum atomic E-state index is -0.489. The number of nitrogens with zero attached hydrogens (tertiary/aromatic N) is 1. The molecule has 4 nitrogen and oxygen atoms in total. The maximum atomic E-state index is 12.9. The molecule has 1 unspecified atom stereocenters. The van der Waals surface area contributed by atoms with Crippen molar-refractivity contribution in [2.45, 2.75) is 26.3 Å². The molecule has 0 aliphatic carbocycles. The van der Waals surface area contributed by atoms with Gasteiger partial charge in [-0.15, -0.1) is 11.3 Å². The van der Waals surface area contributed by atoms with Crippen LogP contribution in [0, 0.1) is 6.92 Å². The van der Waals surface area contributed by atoms with Gasteiger partial charge < -0.3 is 10.6 Å². The molecule has 2 aromatic rings. The van der Waals surface area contributed by atoms with Crippen LogP contribution < -0.4 is 10.6 Å². The Kier molecular flexibility index (Phi) is 3.29. The molecule has 3 rings (SSSR count). The van der Waals surface area contributed by atoms with Gasteiger partial charge in [-0.25, -0.2) is 0 Å². The number of thiophene rings is 1. The van der Waals surface area contributed by atoms with Crippen molar-refractivity contribution >= 4 is 28.8 Å². The summed E-state index contributed by atoms with van der Waals surface area (Å²) in [5.74, 6) is -0.542. The predicted molar refractivity (Wildman–Crippen MR) is 84.0 cm³/mol. The number of para-hydroxylation sites is 1. The summed E-state index contributed by atoms with van der Waals surface area (Å²) in [4.78, 5) is 27.0. The normalized spacial score (nSPS) is 16.9. The number of primary amides is 1. The zero-order chi connectivity index (χ0) is 15.1. The summed E-state index contributed by atoms with van der Waals surface area (Å²) in [6.45, 7) is 3.87. The number of benzene rings is 1. The number of amides is 2. The molecular weight excluding hydrogens is 284 g/mol. The van der Waals surface area contributed by atoms with Gasteiger partial charge in [-0.1, -0.05) is 18.2 Å². The number of hydrogen-bond acceptors (Lipinski definition) is 3. The highest BCUT2D eigenvalue weighted by atomic mass is 32.1. The Bertz CT molecular complexity index is 736. The first kappa shape index (κ1) is 13.8. The molecular formula is C16H16N2O2S. The molecule has 2 heterocycles. The summed E-state index contributed by atoms with van der Waals surface area (Å²) in [5, 5.41) is 0. The van der Waals surface area contributed by atoms with E-state index in [0.29, 0.717) is 9.75 Å². The molecule has 0 saturated carbocycles. The lowest BCUT2D eigenvalue weighted by atomic mass is 10.1. The average molecular weight is 300 g/mol. The number of anilines is 1. The first-order chi connectivity index (χ1) is 9.99. The Hall–Kier alpha value is -2.14. The zero-order valence-electron chi connectivity index (χ0n) is 11.9. The second kappa shape index (κ2) is 5.00. The Morgan fingerprint density at radius 2 is 2.05 bits per heavy atom. The summed E-state index contributed by atoms with van der Waals surface area (Å²) in [6.07, 6.45) is 0.856. The van der Waals surface area contributed by atoms with Crippen LogP contribution in [0.25, 0.3) is 0 Å². The molecule has 108 valence electrons. The van der Waals surface area contributed by atoms with Crippen molar-refractivity contribution in [2.24, 2.45) is 5.73 Å². The summed E-state index contributed by atoms with van der Waals surface area (Å²) in [5.41, 5.74) is 8.25. The van der Waals surface area contributed by atoms with Crippen LogP contribution in [0.4, 0.5) is 5.69 Å². The molecule has 2 amide bonds. The molecule has 0 radical (unpaired) electrons. The molecule has 1 aromatic heterocycles. The van der Waals surface area contributed by atoms with Crippen LogP contribution in [0.5, 0.6) is 0 Å². The highest BCUT2D eigenvalue weighted by Gasteiger charge is 2.32. The molecule has 1 aromatic carbocycles. The predicted octanol–water partition coefficient (Wildman–Crippen LogP) is 2.75. The van der Waals surface area contributed by atoms with E-state index in [-0.39, 0.29) is 11.9 Å². The summed E-state index contributed by atoms with van der Waals surface area (Å²) in [7, 11) is 0. The molecule has 21 heavy (non-hydrogen) atoms. The van der Waals surface area contributed by atoms with Crippen LogP contribution in [0.15, 0.2) is 30.3 Å². The third-order valence-electron chi connectivity index (χ3n) is 3.78. The van der Waals surface area contributed by atoms with E-state index in [2.05, 4.69) is 6.07 Å². The second-order valence-electron chi connectivity index (χ2n) is 5.34. The monoisotopic (exact) mass is 300 g/mol. The van der Waals surface area contributed by atoms with E-state index in [9.17, 15) is 9.59 Å². The highest BCUT2D eigenvalue weighted by Crippen LogP contribution is 2.35. The number of carbonyl (C=O) groups excluding carboxylic acids is 2. The number of aryl methyl sites for hydroxylation is 1. The summed E-state index contributed by atoms with van der Waals surface area (Å²) >= 11 is 1.17. The van der Waals surface area contributed by atoms with Crippen molar-refractivity contribution in [3.05, 3.63) is 51.2 Å². The van der Waals surface area contributed by atoms with E-state index in [1.165, 1.54) is 16.9 Å². The van der Waals surface area contributed by atoms with Crippen LogP contribution in [0.1, 0.15) is 37.4 Å². The minimum absolute atomic E-state index is 0.0533. The van der Waals surface area contributed by atoms with E-state index in [0.717, 1.165) is 17.7 Å². The molecule has 5 heteroatoms. The van der Waals surface area contributed by atoms with Crippen LogP contribution in [-0.2, 0) is 6.42 Å². The highest BCUT2D eigenvalue weighted by molar-refractivity contribution is 7.16. The average Bonchev–Trinajstić information content (AvgIpc) is 2.97. The van der Waals surface area contributed by atoms with Gasteiger partial charge in [0.05, 0.1) is 9.75 Å². The van der Waals surface area contributed by atoms with Crippen molar-refractivity contribution in [3.63, 3.8) is 0 Å². The number of hydrogen-bond donors (Lipinski definition) is 1. The van der Waals surface area contributed by atoms with Gasteiger partial charge in [-0.3, -0.25) is 9.59 Å². The van der Waals surface area contributed by atoms with Gasteiger partial charge in [-0.2, -0.15) is 0 Å². The van der Waals surface area contributed by atoms with E-state index in [4.69, 9.17) is 5.73 Å². The van der Waals surface area contributed by atoms with Crippen molar-refractivity contribution in [3.8, 4) is 0 Å². The number of fused-ring (bicyclic) bond motifs is 1. The second-order valence-corrected chi connectivity index (χ2v) is 6.40. The van der Waals surface area contributed by atoms with E-state index in [1.54, 1.807) is 6.07 Å². The largest absolute Gasteiger partial charge is 0.365 e. The summed E-state index contributed by atoms with van der Waals surface area (Å²) in [6, 6.07) is 9.75. The smallest absolute Gasteiger partial charge is 0.268 e. The van der Waals surface area contributed by atoms with Crippen LogP contribution in [0.2, 0.25) is 0 Å². The Labute approximate surface area is 127 Å². The molecule has 0 fully saturated rings. The van der Waals surface area contributed by atoms with Gasteiger partial charge in [0, 0.05) is 11.7 Å². The van der Waals surface area contributed by atoms with Crippen molar-refractivity contribution in [2.75, 3.05) is 4.90 Å². The lowest BCUT2D eigenvalue weighted by molar-refractivity contribution is 0.0982. The van der Waals surface area contributed by atoms with Gasteiger partial charge >= 0.3 is 0 Å². The molecule has 2 N–H and O–H groups in total. The van der Waals surface area contributed by atoms with Gasteiger partial charge in [-0.05, 0) is 43.5 Å². The first-order valence-corrected chi connectivity index (χ1v) is 7.62. The van der Waals surface area contributed by atoms with Gasteiger partial charge in [0.1, 0.15) is 0 Å². The van der Waals surface area contributed by atoms with E-state index in [1.807, 2.05) is 36.9 Å². The number of nitrogens with two attached hydrogens (primary N) is 1. The fourth-order valence-corrected chi connectivity index (χ4v) is 3.76. The lowest BCUT2D eigenvalue weighted by Crippen LogP contribution is -2.35. The first-order valence-electron chi connectivity index (χ1n) is 6.80. The topological polar surface area (TPSA) is 63.4 Å². The quantitative estimate of drug-likeness (QED) is 0.927. The maximum absolute atomic E-state index is 12.9. The van der Waals surface area contributed by atoms with Crippen molar-refractivity contribution < 1.29 is 9.59 Å². The van der Waals surface area contributed by atoms with Gasteiger partial charge in [0.2, 0.25) is 0 Å². The van der Waals surface area contributed by atoms with E-state index < -0.39 is 5.91 Å². The third-order valence-corrected chi connectivity index (χ3v) is 5.02. The number of rotatable bonds is 2. The molecule has 1 aliphatic heterocycles. The zero-order valence-corrected chi connectivity index (χ0v) is 12.7. The van der Waals surface area contributed by atoms with Gasteiger partial charge in [0.15, 0.2) is 0 Å². The van der Waals surface area contributed by atoms with Crippen LogP contribution in [-0.4, -0.2) is 17.9 Å². The van der Waals surface area contributed by atoms with Crippen molar-refractivity contribution in [1.82, 2.24) is 0 Å². The fraction of sp³-hybridized carbons (Fsp3) is 0.250. The van der Waals surface area contributed by atoms with Crippen molar-refractivity contribution in [1.29, 1.82) is 0 Å². The van der Waals surface area contributed by atoms with Crippen LogP contribution >= 0.6 is 11.3 Å². The molecule has 0 spiro atoms. The molecule has 0 saturated heterocycles. The molecule has 1 atom stereocenters. The molecule has 0 bridgehead atoms. The maximum Gasteiger partial charge on any atom is 0.268 e. The lowest BCUT2D eigenvalue weighted by Gasteiger charge is -2.22. The Balaban J connectivity index is 2.01. The Morgan fingerprint density at radius 1 is 1.33 bits per heavy atom. The summed E-state index contributed by atoms with van der Waals surface area (Å²) < 4.78 is 0. The SMILES string of the molecule is Cc1cc(C(N)=O)sc1C(=O)N1c2ccccc2CC1C. The number of carbonyl (C=O) groups is 2.